The molecule has 0 saturated carbocycles. The first-order chi connectivity index (χ1) is 18.1. The van der Waals surface area contributed by atoms with Crippen molar-refractivity contribution in [3.63, 3.8) is 0 Å². The van der Waals surface area contributed by atoms with Crippen LogP contribution in [-0.4, -0.2) is 45.6 Å². The molecule has 2 N–H and O–H groups in total. The zero-order valence-electron chi connectivity index (χ0n) is 21.2. The lowest BCUT2D eigenvalue weighted by Crippen LogP contribution is -2.40. The smallest absolute Gasteiger partial charge is 0.264 e. The number of nitrogens with one attached hydrogen (secondary N) is 2. The standard InChI is InChI=1S/C27H29ClN4O5S/c1-19(2)30-27(34)18-37-23-12-9-21(10-13-23)16-29-31-26(33)17-32(25-14-11-22(28)15-20(25)3)38(35,36)24-7-5-4-6-8-24/h4-16,19H,17-18H2,1-3H3,(H,30,34)(H,31,33)/b29-16-. The third-order valence-corrected chi connectivity index (χ3v) is 7.16. The summed E-state index contributed by atoms with van der Waals surface area (Å²) < 4.78 is 33.3. The van der Waals surface area contributed by atoms with Gasteiger partial charge in [-0.25, -0.2) is 13.8 Å². The van der Waals surface area contributed by atoms with Gasteiger partial charge in [0.05, 0.1) is 16.8 Å². The molecule has 0 aliphatic carbocycles. The first-order valence-electron chi connectivity index (χ1n) is 11.7. The molecular weight excluding hydrogens is 528 g/mol. The van der Waals surface area contributed by atoms with Gasteiger partial charge in [-0.15, -0.1) is 0 Å². The molecule has 9 nitrogen and oxygen atoms in total. The Bertz CT molecular complexity index is 1390. The summed E-state index contributed by atoms with van der Waals surface area (Å²) in [4.78, 5) is 24.5. The van der Waals surface area contributed by atoms with Crippen LogP contribution in [0.1, 0.15) is 25.0 Å². The predicted molar refractivity (Wildman–Crippen MR) is 148 cm³/mol. The highest BCUT2D eigenvalue weighted by Gasteiger charge is 2.28. The highest BCUT2D eigenvalue weighted by Crippen LogP contribution is 2.28. The zero-order chi connectivity index (χ0) is 27.7. The van der Waals surface area contributed by atoms with E-state index in [0.29, 0.717) is 27.6 Å². The quantitative estimate of drug-likeness (QED) is 0.274. The van der Waals surface area contributed by atoms with Gasteiger partial charge >= 0.3 is 0 Å². The molecule has 0 radical (unpaired) electrons. The van der Waals surface area contributed by atoms with Gasteiger partial charge in [0.25, 0.3) is 21.8 Å². The lowest BCUT2D eigenvalue weighted by molar-refractivity contribution is -0.123. The van der Waals surface area contributed by atoms with Gasteiger partial charge in [0.1, 0.15) is 12.3 Å². The zero-order valence-corrected chi connectivity index (χ0v) is 22.8. The number of halogens is 1. The number of hydrogen-bond acceptors (Lipinski definition) is 6. The number of amides is 2. The number of aryl methyl sites for hydroxylation is 1. The van der Waals surface area contributed by atoms with E-state index in [9.17, 15) is 18.0 Å². The number of ether oxygens (including phenoxy) is 1. The molecule has 0 fully saturated rings. The maximum atomic E-state index is 13.4. The minimum absolute atomic E-state index is 0.0284. The van der Waals surface area contributed by atoms with Crippen LogP contribution in [0.2, 0.25) is 5.02 Å². The molecule has 0 aliphatic rings. The van der Waals surface area contributed by atoms with Crippen molar-refractivity contribution in [3.05, 3.63) is 88.9 Å². The van der Waals surface area contributed by atoms with Gasteiger partial charge in [0, 0.05) is 11.1 Å². The average molecular weight is 557 g/mol. The fraction of sp³-hybridized carbons (Fsp3) is 0.222. The molecule has 0 spiro atoms. The summed E-state index contributed by atoms with van der Waals surface area (Å²) in [6.45, 7) is 4.85. The Labute approximate surface area is 227 Å². The molecule has 11 heteroatoms. The lowest BCUT2D eigenvalue weighted by Gasteiger charge is -2.25. The minimum atomic E-state index is -4.05. The number of carbonyl (C=O) groups is 2. The monoisotopic (exact) mass is 556 g/mol. The SMILES string of the molecule is Cc1cc(Cl)ccc1N(CC(=O)N/N=C\c1ccc(OCC(=O)NC(C)C)cc1)S(=O)(=O)c1ccccc1. The fourth-order valence-electron chi connectivity index (χ4n) is 3.43. The number of hydrazone groups is 1. The number of rotatable bonds is 11. The maximum absolute atomic E-state index is 13.4. The Morgan fingerprint density at radius 2 is 1.71 bits per heavy atom. The highest BCUT2D eigenvalue weighted by atomic mass is 35.5. The second-order valence-corrected chi connectivity index (χ2v) is 10.9. The summed E-state index contributed by atoms with van der Waals surface area (Å²) in [7, 11) is -4.05. The molecule has 0 unspecified atom stereocenters. The molecule has 200 valence electrons. The van der Waals surface area contributed by atoms with E-state index in [1.54, 1.807) is 67.6 Å². The van der Waals surface area contributed by atoms with E-state index in [1.807, 2.05) is 13.8 Å². The van der Waals surface area contributed by atoms with Crippen LogP contribution in [0.4, 0.5) is 5.69 Å². The Balaban J connectivity index is 1.68. The second kappa shape index (κ2) is 13.1. The molecule has 2 amide bonds. The van der Waals surface area contributed by atoms with Gasteiger partial charge in [0.2, 0.25) is 0 Å². The molecule has 0 saturated heterocycles. The molecule has 38 heavy (non-hydrogen) atoms. The van der Waals surface area contributed by atoms with E-state index >= 15 is 0 Å². The third-order valence-electron chi connectivity index (χ3n) is 5.15. The number of hydrogen-bond donors (Lipinski definition) is 2. The summed E-state index contributed by atoms with van der Waals surface area (Å²) in [6, 6.07) is 19.4. The Kier molecular flexibility index (Phi) is 9.86. The largest absolute Gasteiger partial charge is 0.484 e. The van der Waals surface area contributed by atoms with Crippen LogP contribution < -0.4 is 19.8 Å². The maximum Gasteiger partial charge on any atom is 0.264 e. The van der Waals surface area contributed by atoms with Gasteiger partial charge in [-0.3, -0.25) is 13.9 Å². The summed E-state index contributed by atoms with van der Waals surface area (Å²) >= 11 is 6.05. The molecule has 0 aromatic heterocycles. The number of anilines is 1. The summed E-state index contributed by atoms with van der Waals surface area (Å²) in [5.74, 6) is -0.345. The molecule has 0 atom stereocenters. The number of carbonyl (C=O) groups excluding carboxylic acids is 2. The van der Waals surface area contributed by atoms with Crippen LogP contribution in [0.3, 0.4) is 0 Å². The third kappa shape index (κ3) is 8.06. The topological polar surface area (TPSA) is 117 Å². The normalized spacial score (nSPS) is 11.4. The van der Waals surface area contributed by atoms with Gasteiger partial charge in [-0.1, -0.05) is 29.8 Å². The van der Waals surface area contributed by atoms with Crippen molar-refractivity contribution in [2.24, 2.45) is 5.10 Å². The van der Waals surface area contributed by atoms with E-state index in [0.717, 1.165) is 4.31 Å². The van der Waals surface area contributed by atoms with Crippen LogP contribution in [-0.2, 0) is 19.6 Å². The molecule has 3 aromatic rings. The van der Waals surface area contributed by atoms with Gasteiger partial charge in [-0.2, -0.15) is 5.10 Å². The van der Waals surface area contributed by atoms with Crippen LogP contribution >= 0.6 is 11.6 Å². The number of sulfonamides is 1. The summed E-state index contributed by atoms with van der Waals surface area (Å²) in [5.41, 5.74) is 3.96. The Hall–Kier alpha value is -3.89. The van der Waals surface area contributed by atoms with E-state index < -0.39 is 22.5 Å². The van der Waals surface area contributed by atoms with Gasteiger partial charge < -0.3 is 10.1 Å². The van der Waals surface area contributed by atoms with E-state index in [-0.39, 0.29) is 23.5 Å². The summed E-state index contributed by atoms with van der Waals surface area (Å²) in [5, 5.41) is 7.13. The first kappa shape index (κ1) is 28.7. The molecular formula is C27H29ClN4O5S. The average Bonchev–Trinajstić information content (AvgIpc) is 2.87. The fourth-order valence-corrected chi connectivity index (χ4v) is 5.16. The molecule has 0 bridgehead atoms. The van der Waals surface area contributed by atoms with Crippen molar-refractivity contribution < 1.29 is 22.7 Å². The van der Waals surface area contributed by atoms with E-state index in [1.165, 1.54) is 18.3 Å². The van der Waals surface area contributed by atoms with Gasteiger partial charge in [-0.05, 0) is 86.5 Å². The van der Waals surface area contributed by atoms with Crippen molar-refractivity contribution in [1.29, 1.82) is 0 Å². The number of benzene rings is 3. The van der Waals surface area contributed by atoms with Gasteiger partial charge in [0.15, 0.2) is 6.61 Å². The van der Waals surface area contributed by atoms with Crippen molar-refractivity contribution in [1.82, 2.24) is 10.7 Å². The van der Waals surface area contributed by atoms with Crippen LogP contribution in [0.15, 0.2) is 82.8 Å². The molecule has 3 rings (SSSR count). The van der Waals surface area contributed by atoms with E-state index in [4.69, 9.17) is 16.3 Å². The van der Waals surface area contributed by atoms with Crippen molar-refractivity contribution in [2.75, 3.05) is 17.5 Å². The van der Waals surface area contributed by atoms with Crippen molar-refractivity contribution >= 4 is 45.3 Å². The highest BCUT2D eigenvalue weighted by molar-refractivity contribution is 7.92. The Morgan fingerprint density at radius 1 is 1.03 bits per heavy atom. The second-order valence-electron chi connectivity index (χ2n) is 8.63. The van der Waals surface area contributed by atoms with E-state index in [2.05, 4.69) is 15.8 Å². The number of nitrogens with zero attached hydrogens (tertiary/aromatic N) is 2. The van der Waals surface area contributed by atoms with Crippen molar-refractivity contribution in [2.45, 2.75) is 31.7 Å². The van der Waals surface area contributed by atoms with Crippen LogP contribution in [0.5, 0.6) is 5.75 Å². The predicted octanol–water partition coefficient (Wildman–Crippen LogP) is 3.90. The Morgan fingerprint density at radius 3 is 2.34 bits per heavy atom. The molecule has 3 aromatic carbocycles. The summed E-state index contributed by atoms with van der Waals surface area (Å²) in [6.07, 6.45) is 1.41. The minimum Gasteiger partial charge on any atom is -0.484 e. The van der Waals surface area contributed by atoms with Crippen LogP contribution in [0, 0.1) is 6.92 Å². The lowest BCUT2D eigenvalue weighted by atomic mass is 10.2. The first-order valence-corrected chi connectivity index (χ1v) is 13.6. The van der Waals surface area contributed by atoms with Crippen LogP contribution in [0.25, 0.3) is 0 Å². The van der Waals surface area contributed by atoms with Crippen molar-refractivity contribution in [3.8, 4) is 5.75 Å². The molecule has 0 heterocycles. The molecule has 0 aliphatic heterocycles.